The molecule has 2 heterocycles. The van der Waals surface area contributed by atoms with Crippen molar-refractivity contribution in [2.24, 2.45) is 11.0 Å². The van der Waals surface area contributed by atoms with Crippen molar-refractivity contribution in [3.05, 3.63) is 58.6 Å². The van der Waals surface area contributed by atoms with Gasteiger partial charge in [-0.3, -0.25) is 4.90 Å². The zero-order valence-corrected chi connectivity index (χ0v) is 17.1. The first-order valence-corrected chi connectivity index (χ1v) is 10.2. The largest absolute Gasteiger partial charge is 0.493 e. The maximum Gasteiger partial charge on any atom is 0.179 e. The molecule has 2 aliphatic rings. The van der Waals surface area contributed by atoms with Crippen LogP contribution in [0.2, 0.25) is 5.02 Å². The molecule has 0 aromatic heterocycles. The molecule has 0 radical (unpaired) electrons. The monoisotopic (exact) mass is 399 g/mol. The van der Waals surface area contributed by atoms with E-state index in [2.05, 4.69) is 45.8 Å². The van der Waals surface area contributed by atoms with Gasteiger partial charge in [0.15, 0.2) is 11.5 Å². The van der Waals surface area contributed by atoms with Crippen molar-refractivity contribution >= 4 is 17.3 Å². The number of nitrogens with one attached hydrogen (secondary N) is 1. The highest BCUT2D eigenvalue weighted by molar-refractivity contribution is 6.32. The molecule has 2 atom stereocenters. The third-order valence-electron chi connectivity index (χ3n) is 5.47. The Morgan fingerprint density at radius 3 is 2.82 bits per heavy atom. The summed E-state index contributed by atoms with van der Waals surface area (Å²) in [4.78, 5) is 2.51. The third kappa shape index (κ3) is 3.82. The van der Waals surface area contributed by atoms with Gasteiger partial charge in [-0.05, 0) is 30.2 Å². The summed E-state index contributed by atoms with van der Waals surface area (Å²) in [5, 5.41) is 5.20. The number of ether oxygens (including phenoxy) is 2. The van der Waals surface area contributed by atoms with Crippen LogP contribution >= 0.6 is 11.6 Å². The Kier molecular flexibility index (Phi) is 5.74. The second-order valence-electron chi connectivity index (χ2n) is 7.25. The van der Waals surface area contributed by atoms with E-state index in [1.54, 1.807) is 7.11 Å². The molecule has 6 heteroatoms. The summed E-state index contributed by atoms with van der Waals surface area (Å²) in [6, 6.07) is 14.7. The smallest absolute Gasteiger partial charge is 0.179 e. The second kappa shape index (κ2) is 8.41. The van der Waals surface area contributed by atoms with Gasteiger partial charge in [-0.15, -0.1) is 0 Å². The molecule has 148 valence electrons. The number of nitrogens with zero attached hydrogens (tertiary/aromatic N) is 2. The van der Waals surface area contributed by atoms with Crippen molar-refractivity contribution in [2.45, 2.75) is 25.9 Å². The van der Waals surface area contributed by atoms with Crippen LogP contribution in [-0.2, 0) is 6.54 Å². The standard InChI is InChI=1S/C22H26ClN3O2/c1-3-28-22-18(23)11-16(12-20(22)27-2)21-17-14-26(10-9-19(17)24-25-21)13-15-7-5-4-6-8-15/h4-8,11-12,17,21,25H,3,9-10,13-14H2,1-2H3. The Bertz CT molecular complexity index is 856. The molecule has 0 amide bonds. The van der Waals surface area contributed by atoms with Crippen molar-refractivity contribution in [1.29, 1.82) is 0 Å². The number of hydrogen-bond donors (Lipinski definition) is 1. The van der Waals surface area contributed by atoms with Crippen molar-refractivity contribution < 1.29 is 9.47 Å². The van der Waals surface area contributed by atoms with Crippen LogP contribution in [0.5, 0.6) is 11.5 Å². The lowest BCUT2D eigenvalue weighted by Crippen LogP contribution is -2.41. The maximum atomic E-state index is 6.50. The lowest BCUT2D eigenvalue weighted by molar-refractivity contribution is 0.220. The molecule has 2 aromatic carbocycles. The van der Waals surface area contributed by atoms with Crippen LogP contribution in [-0.4, -0.2) is 37.4 Å². The van der Waals surface area contributed by atoms with Crippen LogP contribution in [0.4, 0.5) is 0 Å². The van der Waals surface area contributed by atoms with E-state index < -0.39 is 0 Å². The number of halogens is 1. The van der Waals surface area contributed by atoms with Crippen LogP contribution < -0.4 is 14.9 Å². The van der Waals surface area contributed by atoms with E-state index in [-0.39, 0.29) is 6.04 Å². The summed E-state index contributed by atoms with van der Waals surface area (Å²) in [6.07, 6.45) is 0.989. The van der Waals surface area contributed by atoms with Gasteiger partial charge in [-0.1, -0.05) is 41.9 Å². The molecule has 4 rings (SSSR count). The Balaban J connectivity index is 1.54. The molecule has 1 fully saturated rings. The van der Waals surface area contributed by atoms with Gasteiger partial charge in [0.05, 0.1) is 24.8 Å². The summed E-state index contributed by atoms with van der Waals surface area (Å²) in [7, 11) is 1.64. The van der Waals surface area contributed by atoms with Crippen LogP contribution in [0.3, 0.4) is 0 Å². The minimum atomic E-state index is 0.0932. The van der Waals surface area contributed by atoms with Crippen LogP contribution in [0, 0.1) is 5.92 Å². The minimum Gasteiger partial charge on any atom is -0.493 e. The highest BCUT2D eigenvalue weighted by atomic mass is 35.5. The molecule has 2 aliphatic heterocycles. The van der Waals surface area contributed by atoms with Crippen LogP contribution in [0.25, 0.3) is 0 Å². The SMILES string of the molecule is CCOc1c(Cl)cc(C2NN=C3CCN(Cc4ccccc4)CC32)cc1OC. The number of methoxy groups -OCH3 is 1. The third-order valence-corrected chi connectivity index (χ3v) is 5.75. The fraction of sp³-hybridized carbons (Fsp3) is 0.409. The molecule has 0 aliphatic carbocycles. The summed E-state index contributed by atoms with van der Waals surface area (Å²) < 4.78 is 11.2. The quantitative estimate of drug-likeness (QED) is 0.787. The highest BCUT2D eigenvalue weighted by Crippen LogP contribution is 2.41. The van der Waals surface area contributed by atoms with Crippen LogP contribution in [0.15, 0.2) is 47.6 Å². The van der Waals surface area contributed by atoms with Gasteiger partial charge in [0.1, 0.15) is 0 Å². The van der Waals surface area contributed by atoms with E-state index in [1.807, 2.05) is 19.1 Å². The molecule has 0 bridgehead atoms. The first-order valence-electron chi connectivity index (χ1n) is 9.78. The van der Waals surface area contributed by atoms with Gasteiger partial charge in [0, 0.05) is 37.7 Å². The Labute approximate surface area is 171 Å². The molecule has 5 nitrogen and oxygen atoms in total. The van der Waals surface area contributed by atoms with Gasteiger partial charge in [-0.25, -0.2) is 0 Å². The fourth-order valence-electron chi connectivity index (χ4n) is 4.11. The molecule has 28 heavy (non-hydrogen) atoms. The fourth-order valence-corrected chi connectivity index (χ4v) is 4.38. The van der Waals surface area contributed by atoms with Gasteiger partial charge in [0.25, 0.3) is 0 Å². The number of hydrogen-bond acceptors (Lipinski definition) is 5. The molecular weight excluding hydrogens is 374 g/mol. The summed E-state index contributed by atoms with van der Waals surface area (Å²) >= 11 is 6.50. The second-order valence-corrected chi connectivity index (χ2v) is 7.66. The minimum absolute atomic E-state index is 0.0932. The van der Waals surface area contributed by atoms with E-state index in [4.69, 9.17) is 21.1 Å². The summed E-state index contributed by atoms with van der Waals surface area (Å²) in [5.41, 5.74) is 7.01. The van der Waals surface area contributed by atoms with Crippen molar-refractivity contribution in [3.8, 4) is 11.5 Å². The van der Waals surface area contributed by atoms with Gasteiger partial charge < -0.3 is 14.9 Å². The molecule has 2 aromatic rings. The lowest BCUT2D eigenvalue weighted by atomic mass is 9.86. The highest BCUT2D eigenvalue weighted by Gasteiger charge is 2.37. The predicted molar refractivity (Wildman–Crippen MR) is 112 cm³/mol. The number of benzene rings is 2. The van der Waals surface area contributed by atoms with Crippen LogP contribution in [0.1, 0.15) is 30.5 Å². The lowest BCUT2D eigenvalue weighted by Gasteiger charge is -2.33. The Morgan fingerprint density at radius 2 is 2.07 bits per heavy atom. The zero-order valence-electron chi connectivity index (χ0n) is 16.3. The van der Waals surface area contributed by atoms with E-state index in [0.717, 1.165) is 31.6 Å². The van der Waals surface area contributed by atoms with E-state index in [0.29, 0.717) is 29.0 Å². The van der Waals surface area contributed by atoms with Crippen molar-refractivity contribution in [3.63, 3.8) is 0 Å². The number of fused-ring (bicyclic) bond motifs is 1. The molecule has 1 saturated heterocycles. The average molecular weight is 400 g/mol. The Morgan fingerprint density at radius 1 is 1.25 bits per heavy atom. The maximum absolute atomic E-state index is 6.50. The number of piperidine rings is 1. The predicted octanol–water partition coefficient (Wildman–Crippen LogP) is 4.27. The normalized spacial score (nSPS) is 21.6. The van der Waals surface area contributed by atoms with E-state index >= 15 is 0 Å². The number of rotatable bonds is 6. The van der Waals surface area contributed by atoms with E-state index in [1.165, 1.54) is 11.3 Å². The molecule has 0 spiro atoms. The van der Waals surface area contributed by atoms with Crippen molar-refractivity contribution in [2.75, 3.05) is 26.8 Å². The molecule has 0 saturated carbocycles. The van der Waals surface area contributed by atoms with E-state index in [9.17, 15) is 0 Å². The Hall–Kier alpha value is -2.24. The topological polar surface area (TPSA) is 46.1 Å². The number of hydrazone groups is 1. The van der Waals surface area contributed by atoms with Gasteiger partial charge in [-0.2, -0.15) is 5.10 Å². The molecular formula is C22H26ClN3O2. The molecule has 1 N–H and O–H groups in total. The molecule has 2 unspecified atom stereocenters. The van der Waals surface area contributed by atoms with Gasteiger partial charge in [0.2, 0.25) is 0 Å². The number of likely N-dealkylation sites (tertiary alicyclic amines) is 1. The van der Waals surface area contributed by atoms with Gasteiger partial charge >= 0.3 is 0 Å². The summed E-state index contributed by atoms with van der Waals surface area (Å²) in [5.74, 6) is 1.59. The zero-order chi connectivity index (χ0) is 19.5. The first kappa shape index (κ1) is 19.1. The van der Waals surface area contributed by atoms with Crippen molar-refractivity contribution in [1.82, 2.24) is 10.3 Å². The average Bonchev–Trinajstić information content (AvgIpc) is 3.13. The first-order chi connectivity index (χ1) is 13.7. The summed E-state index contributed by atoms with van der Waals surface area (Å²) in [6.45, 7) is 5.45.